The van der Waals surface area contributed by atoms with E-state index in [-0.39, 0.29) is 33.5 Å². The standard InChI is InChI=1S/C13H14ClN3O3S/c14-10-5-8(2-1-7(10)6-15)21(18,19)17-12-11(16)9-3-4-20-13(9)12/h1-2,5,9,11-13,17H,3-4,16H2. The molecule has 0 amide bonds. The summed E-state index contributed by atoms with van der Waals surface area (Å²) >= 11 is 5.87. The zero-order valence-electron chi connectivity index (χ0n) is 11.0. The van der Waals surface area contributed by atoms with E-state index < -0.39 is 16.1 Å². The van der Waals surface area contributed by atoms with Crippen LogP contribution in [0.5, 0.6) is 0 Å². The second-order valence-corrected chi connectivity index (χ2v) is 7.39. The number of nitrogens with zero attached hydrogens (tertiary/aromatic N) is 1. The molecule has 8 heteroatoms. The van der Waals surface area contributed by atoms with Gasteiger partial charge in [-0.1, -0.05) is 11.6 Å². The van der Waals surface area contributed by atoms with E-state index in [1.807, 2.05) is 6.07 Å². The number of ether oxygens (including phenoxy) is 1. The van der Waals surface area contributed by atoms with Gasteiger partial charge in [-0.2, -0.15) is 5.26 Å². The maximum atomic E-state index is 12.4. The van der Waals surface area contributed by atoms with Gasteiger partial charge in [-0.3, -0.25) is 0 Å². The van der Waals surface area contributed by atoms with Gasteiger partial charge in [0.15, 0.2) is 0 Å². The molecule has 21 heavy (non-hydrogen) atoms. The van der Waals surface area contributed by atoms with Crippen molar-refractivity contribution in [3.8, 4) is 6.07 Å². The summed E-state index contributed by atoms with van der Waals surface area (Å²) in [4.78, 5) is 0.0140. The molecule has 3 N–H and O–H groups in total. The second-order valence-electron chi connectivity index (χ2n) is 5.27. The lowest BCUT2D eigenvalue weighted by atomic mass is 9.73. The smallest absolute Gasteiger partial charge is 0.241 e. The van der Waals surface area contributed by atoms with Crippen molar-refractivity contribution in [2.24, 2.45) is 11.7 Å². The molecule has 2 aliphatic rings. The van der Waals surface area contributed by atoms with Gasteiger partial charge in [0.2, 0.25) is 10.0 Å². The predicted octanol–water partition coefficient (Wildman–Crippen LogP) is 0.605. The molecule has 0 bridgehead atoms. The summed E-state index contributed by atoms with van der Waals surface area (Å²) in [7, 11) is -3.74. The van der Waals surface area contributed by atoms with Crippen LogP contribution in [0.15, 0.2) is 23.1 Å². The van der Waals surface area contributed by atoms with Crippen LogP contribution in [0.2, 0.25) is 5.02 Å². The average Bonchev–Trinajstić information content (AvgIpc) is 2.89. The Morgan fingerprint density at radius 3 is 2.90 bits per heavy atom. The number of benzene rings is 1. The number of rotatable bonds is 3. The van der Waals surface area contributed by atoms with Crippen molar-refractivity contribution in [1.29, 1.82) is 5.26 Å². The molecule has 2 fully saturated rings. The summed E-state index contributed by atoms with van der Waals surface area (Å²) in [6.07, 6.45) is 0.718. The van der Waals surface area contributed by atoms with Crippen molar-refractivity contribution in [1.82, 2.24) is 4.72 Å². The summed E-state index contributed by atoms with van der Waals surface area (Å²) in [5.74, 6) is 0.224. The second kappa shape index (κ2) is 5.23. The van der Waals surface area contributed by atoms with Gasteiger partial charge in [-0.05, 0) is 24.6 Å². The first-order chi connectivity index (χ1) is 9.94. The van der Waals surface area contributed by atoms with E-state index >= 15 is 0 Å². The molecule has 1 aliphatic heterocycles. The van der Waals surface area contributed by atoms with E-state index in [1.165, 1.54) is 18.2 Å². The van der Waals surface area contributed by atoms with Crippen LogP contribution < -0.4 is 10.5 Å². The van der Waals surface area contributed by atoms with Crippen molar-refractivity contribution in [2.75, 3.05) is 6.61 Å². The molecule has 112 valence electrons. The molecule has 3 rings (SSSR count). The number of nitriles is 1. The molecule has 1 aromatic carbocycles. The Labute approximate surface area is 127 Å². The summed E-state index contributed by atoms with van der Waals surface area (Å²) in [5.41, 5.74) is 6.22. The Bertz CT molecular complexity index is 716. The summed E-state index contributed by atoms with van der Waals surface area (Å²) < 4.78 is 32.8. The van der Waals surface area contributed by atoms with E-state index in [0.717, 1.165) is 6.42 Å². The van der Waals surface area contributed by atoms with Gasteiger partial charge < -0.3 is 10.5 Å². The topological polar surface area (TPSA) is 105 Å². The molecule has 1 heterocycles. The highest BCUT2D eigenvalue weighted by molar-refractivity contribution is 7.89. The van der Waals surface area contributed by atoms with Gasteiger partial charge in [-0.15, -0.1) is 0 Å². The Balaban J connectivity index is 1.81. The third-order valence-corrected chi connectivity index (χ3v) is 5.88. The van der Waals surface area contributed by atoms with Crippen LogP contribution in [0.25, 0.3) is 0 Å². The average molecular weight is 328 g/mol. The third kappa shape index (κ3) is 2.43. The molecule has 1 aliphatic carbocycles. The van der Waals surface area contributed by atoms with Crippen LogP contribution in [0, 0.1) is 17.2 Å². The molecule has 1 saturated heterocycles. The quantitative estimate of drug-likeness (QED) is 0.846. The van der Waals surface area contributed by atoms with Crippen LogP contribution in [0.1, 0.15) is 12.0 Å². The van der Waals surface area contributed by atoms with Gasteiger partial charge in [0.1, 0.15) is 6.07 Å². The lowest BCUT2D eigenvalue weighted by Gasteiger charge is -2.45. The highest BCUT2D eigenvalue weighted by Gasteiger charge is 2.53. The number of hydrogen-bond donors (Lipinski definition) is 2. The Morgan fingerprint density at radius 1 is 1.48 bits per heavy atom. The fraction of sp³-hybridized carbons (Fsp3) is 0.462. The van der Waals surface area contributed by atoms with Gasteiger partial charge in [0, 0.05) is 18.6 Å². The molecule has 1 aromatic rings. The van der Waals surface area contributed by atoms with Gasteiger partial charge in [0.05, 0.1) is 27.6 Å². The van der Waals surface area contributed by atoms with Crippen molar-refractivity contribution < 1.29 is 13.2 Å². The van der Waals surface area contributed by atoms with E-state index in [9.17, 15) is 8.42 Å². The van der Waals surface area contributed by atoms with Crippen molar-refractivity contribution in [2.45, 2.75) is 29.5 Å². The third-order valence-electron chi connectivity index (χ3n) is 4.11. The SMILES string of the molecule is N#Cc1ccc(S(=O)(=O)NC2C(N)C3CCOC32)cc1Cl. The van der Waals surface area contributed by atoms with E-state index in [0.29, 0.717) is 6.61 Å². The number of sulfonamides is 1. The monoisotopic (exact) mass is 327 g/mol. The zero-order valence-corrected chi connectivity index (χ0v) is 12.6. The first-order valence-electron chi connectivity index (χ1n) is 6.53. The minimum atomic E-state index is -3.74. The summed E-state index contributed by atoms with van der Waals surface area (Å²) in [6, 6.07) is 5.23. The number of fused-ring (bicyclic) bond motifs is 1. The molecule has 1 saturated carbocycles. The lowest BCUT2D eigenvalue weighted by Crippen LogP contribution is -2.68. The van der Waals surface area contributed by atoms with E-state index in [1.54, 1.807) is 0 Å². The first-order valence-corrected chi connectivity index (χ1v) is 8.39. The minimum absolute atomic E-state index is 0.0140. The van der Waals surface area contributed by atoms with Gasteiger partial charge in [0.25, 0.3) is 0 Å². The molecular weight excluding hydrogens is 314 g/mol. The van der Waals surface area contributed by atoms with Crippen LogP contribution in [0.4, 0.5) is 0 Å². The maximum absolute atomic E-state index is 12.4. The van der Waals surface area contributed by atoms with Crippen LogP contribution in [-0.2, 0) is 14.8 Å². The van der Waals surface area contributed by atoms with Crippen molar-refractivity contribution >= 4 is 21.6 Å². The van der Waals surface area contributed by atoms with Gasteiger partial charge in [-0.25, -0.2) is 13.1 Å². The Kier molecular flexibility index (Phi) is 3.67. The number of nitrogens with two attached hydrogens (primary N) is 1. The fourth-order valence-corrected chi connectivity index (χ4v) is 4.49. The molecule has 6 nitrogen and oxygen atoms in total. The van der Waals surface area contributed by atoms with Crippen molar-refractivity contribution in [3.05, 3.63) is 28.8 Å². The maximum Gasteiger partial charge on any atom is 0.241 e. The normalized spacial score (nSPS) is 31.3. The molecule has 4 atom stereocenters. The van der Waals surface area contributed by atoms with Crippen molar-refractivity contribution in [3.63, 3.8) is 0 Å². The van der Waals surface area contributed by atoms with Crippen LogP contribution >= 0.6 is 11.6 Å². The van der Waals surface area contributed by atoms with E-state index in [4.69, 9.17) is 27.3 Å². The molecule has 0 radical (unpaired) electrons. The number of hydrogen-bond acceptors (Lipinski definition) is 5. The number of nitrogens with one attached hydrogen (secondary N) is 1. The van der Waals surface area contributed by atoms with E-state index in [2.05, 4.69) is 4.72 Å². The predicted molar refractivity (Wildman–Crippen MR) is 76.1 cm³/mol. The molecular formula is C13H14ClN3O3S. The Hall–Kier alpha value is -1.17. The lowest BCUT2D eigenvalue weighted by molar-refractivity contribution is -0.00923. The van der Waals surface area contributed by atoms with Crippen LogP contribution in [0.3, 0.4) is 0 Å². The zero-order chi connectivity index (χ0) is 15.2. The summed E-state index contributed by atoms with van der Waals surface area (Å²) in [6.45, 7) is 0.615. The highest BCUT2D eigenvalue weighted by Crippen LogP contribution is 2.38. The minimum Gasteiger partial charge on any atom is -0.376 e. The molecule has 0 aromatic heterocycles. The molecule has 4 unspecified atom stereocenters. The fourth-order valence-electron chi connectivity index (χ4n) is 2.90. The first kappa shape index (κ1) is 14.8. The Morgan fingerprint density at radius 2 is 2.24 bits per heavy atom. The number of halogens is 1. The molecule has 0 spiro atoms. The summed E-state index contributed by atoms with van der Waals surface area (Å²) in [5, 5.41) is 8.91. The largest absolute Gasteiger partial charge is 0.376 e. The van der Waals surface area contributed by atoms with Crippen LogP contribution in [-0.4, -0.2) is 33.2 Å². The van der Waals surface area contributed by atoms with Gasteiger partial charge >= 0.3 is 0 Å². The highest BCUT2D eigenvalue weighted by atomic mass is 35.5.